The molecule has 1 aromatic rings. The molecule has 1 rings (SSSR count). The maximum absolute atomic E-state index is 11.2. The zero-order valence-corrected chi connectivity index (χ0v) is 11.2. The van der Waals surface area contributed by atoms with Crippen molar-refractivity contribution < 1.29 is 24.2 Å². The highest BCUT2D eigenvalue weighted by Gasteiger charge is 2.13. The average molecular weight is 267 g/mol. The van der Waals surface area contributed by atoms with E-state index in [-0.39, 0.29) is 12.1 Å². The predicted molar refractivity (Wildman–Crippen MR) is 69.1 cm³/mol. The topological polar surface area (TPSA) is 77.4 Å². The first-order valence-corrected chi connectivity index (χ1v) is 5.66. The minimum absolute atomic E-state index is 0.0164. The van der Waals surface area contributed by atoms with Gasteiger partial charge >= 0.3 is 5.97 Å². The quantitative estimate of drug-likeness (QED) is 0.367. The molecule has 19 heavy (non-hydrogen) atoms. The highest BCUT2D eigenvalue weighted by Crippen LogP contribution is 2.27. The summed E-state index contributed by atoms with van der Waals surface area (Å²) in [6.07, 6.45) is 0.799. The van der Waals surface area contributed by atoms with E-state index in [1.807, 2.05) is 12.1 Å². The van der Waals surface area contributed by atoms with Crippen LogP contribution in [-0.2, 0) is 16.0 Å². The van der Waals surface area contributed by atoms with Gasteiger partial charge in [-0.15, -0.1) is 0 Å². The molecule has 6 heteroatoms. The van der Waals surface area contributed by atoms with Gasteiger partial charge in [0.15, 0.2) is 17.2 Å². The number of ether oxygens (including phenoxy) is 3. The third-order valence-electron chi connectivity index (χ3n) is 2.64. The zero-order valence-electron chi connectivity index (χ0n) is 11.2. The Labute approximate surface area is 111 Å². The molecule has 0 saturated heterocycles. The lowest BCUT2D eigenvalue weighted by Crippen LogP contribution is -2.16. The standard InChI is InChI=1S/C13H17NO5/c1-17-11-7-5-9(8-12(11)18-2)4-6-10(14-16)13(15)19-3/h5,7-8,16H,4,6H2,1-3H3. The van der Waals surface area contributed by atoms with Crippen molar-refractivity contribution >= 4 is 11.7 Å². The Morgan fingerprint density at radius 3 is 2.42 bits per heavy atom. The Bertz CT molecular complexity index is 470. The van der Waals surface area contributed by atoms with E-state index in [1.165, 1.54) is 7.11 Å². The summed E-state index contributed by atoms with van der Waals surface area (Å²) in [5, 5.41) is 11.7. The summed E-state index contributed by atoms with van der Waals surface area (Å²) in [6, 6.07) is 5.45. The Morgan fingerprint density at radius 2 is 1.89 bits per heavy atom. The van der Waals surface area contributed by atoms with Crippen molar-refractivity contribution in [3.63, 3.8) is 0 Å². The lowest BCUT2D eigenvalue weighted by molar-refractivity contribution is -0.133. The van der Waals surface area contributed by atoms with Crippen LogP contribution >= 0.6 is 0 Å². The molecule has 0 bridgehead atoms. The van der Waals surface area contributed by atoms with Gasteiger partial charge < -0.3 is 19.4 Å². The fourth-order valence-corrected chi connectivity index (χ4v) is 1.61. The molecule has 0 fully saturated rings. The monoisotopic (exact) mass is 267 g/mol. The normalized spacial score (nSPS) is 11.0. The Morgan fingerprint density at radius 1 is 1.21 bits per heavy atom. The molecule has 1 aromatic carbocycles. The van der Waals surface area contributed by atoms with Crippen molar-refractivity contribution in [2.45, 2.75) is 12.8 Å². The molecule has 0 radical (unpaired) electrons. The zero-order chi connectivity index (χ0) is 14.3. The molecule has 1 N–H and O–H groups in total. The number of benzene rings is 1. The lowest BCUT2D eigenvalue weighted by atomic mass is 10.1. The minimum Gasteiger partial charge on any atom is -0.493 e. The number of nitrogens with zero attached hydrogens (tertiary/aromatic N) is 1. The number of oxime groups is 1. The smallest absolute Gasteiger partial charge is 0.355 e. The predicted octanol–water partition coefficient (Wildman–Crippen LogP) is 1.64. The molecule has 0 aliphatic carbocycles. The number of hydrogen-bond acceptors (Lipinski definition) is 6. The van der Waals surface area contributed by atoms with Crippen LogP contribution in [0.5, 0.6) is 11.5 Å². The van der Waals surface area contributed by atoms with Crippen LogP contribution in [0.2, 0.25) is 0 Å². The molecule has 0 aromatic heterocycles. The first-order valence-electron chi connectivity index (χ1n) is 5.66. The van der Waals surface area contributed by atoms with E-state index in [0.29, 0.717) is 17.9 Å². The van der Waals surface area contributed by atoms with Crippen LogP contribution in [-0.4, -0.2) is 38.2 Å². The second kappa shape index (κ2) is 7.25. The molecule has 0 heterocycles. The SMILES string of the molecule is COC(=O)C(CCc1ccc(OC)c(OC)c1)=NO. The van der Waals surface area contributed by atoms with E-state index in [4.69, 9.17) is 14.7 Å². The third-order valence-corrected chi connectivity index (χ3v) is 2.64. The number of carbonyl (C=O) groups excluding carboxylic acids is 1. The summed E-state index contributed by atoms with van der Waals surface area (Å²) in [4.78, 5) is 11.2. The maximum Gasteiger partial charge on any atom is 0.355 e. The summed E-state index contributed by atoms with van der Waals surface area (Å²) in [7, 11) is 4.35. The molecule has 0 atom stereocenters. The van der Waals surface area contributed by atoms with Crippen molar-refractivity contribution in [1.29, 1.82) is 0 Å². The van der Waals surface area contributed by atoms with Gasteiger partial charge in [-0.1, -0.05) is 11.2 Å². The third kappa shape index (κ3) is 3.87. The highest BCUT2D eigenvalue weighted by molar-refractivity contribution is 6.36. The second-order valence-corrected chi connectivity index (χ2v) is 3.73. The number of aryl methyl sites for hydroxylation is 1. The fraction of sp³-hybridized carbons (Fsp3) is 0.385. The van der Waals surface area contributed by atoms with E-state index in [9.17, 15) is 4.79 Å². The number of esters is 1. The summed E-state index contributed by atoms with van der Waals surface area (Å²) in [6.45, 7) is 0. The molecule has 0 spiro atoms. The average Bonchev–Trinajstić information content (AvgIpc) is 2.47. The highest BCUT2D eigenvalue weighted by atomic mass is 16.5. The molecular formula is C13H17NO5. The molecule has 6 nitrogen and oxygen atoms in total. The molecule has 0 unspecified atom stereocenters. The van der Waals surface area contributed by atoms with Gasteiger partial charge in [0.25, 0.3) is 0 Å². The van der Waals surface area contributed by atoms with Crippen LogP contribution in [0, 0.1) is 0 Å². The van der Waals surface area contributed by atoms with Crippen LogP contribution in [0.1, 0.15) is 12.0 Å². The van der Waals surface area contributed by atoms with E-state index < -0.39 is 5.97 Å². The number of rotatable bonds is 6. The van der Waals surface area contributed by atoms with Gasteiger partial charge in [0.1, 0.15) is 0 Å². The van der Waals surface area contributed by atoms with Gasteiger partial charge in [0, 0.05) is 6.42 Å². The number of carbonyl (C=O) groups is 1. The van der Waals surface area contributed by atoms with Gasteiger partial charge in [-0.05, 0) is 24.1 Å². The lowest BCUT2D eigenvalue weighted by Gasteiger charge is -2.09. The second-order valence-electron chi connectivity index (χ2n) is 3.73. The number of methoxy groups -OCH3 is 3. The summed E-state index contributed by atoms with van der Waals surface area (Å²) in [5.74, 6) is 0.610. The van der Waals surface area contributed by atoms with Crippen LogP contribution in [0.3, 0.4) is 0 Å². The van der Waals surface area contributed by atoms with Gasteiger partial charge in [-0.25, -0.2) is 4.79 Å². The van der Waals surface area contributed by atoms with E-state index in [2.05, 4.69) is 9.89 Å². The Hall–Kier alpha value is -2.24. The van der Waals surface area contributed by atoms with Crippen LogP contribution in [0.4, 0.5) is 0 Å². The Balaban J connectivity index is 2.75. The van der Waals surface area contributed by atoms with Crippen molar-refractivity contribution in [2.24, 2.45) is 5.16 Å². The first kappa shape index (κ1) is 14.8. The summed E-state index contributed by atoms with van der Waals surface area (Å²) < 4.78 is 14.8. The molecule has 0 aliphatic heterocycles. The summed E-state index contributed by atoms with van der Waals surface area (Å²) >= 11 is 0. The maximum atomic E-state index is 11.2. The molecule has 0 amide bonds. The van der Waals surface area contributed by atoms with E-state index in [1.54, 1.807) is 20.3 Å². The Kier molecular flexibility index (Phi) is 5.66. The van der Waals surface area contributed by atoms with Crippen molar-refractivity contribution in [3.05, 3.63) is 23.8 Å². The molecule has 0 aliphatic rings. The molecular weight excluding hydrogens is 250 g/mol. The van der Waals surface area contributed by atoms with Gasteiger partial charge in [-0.3, -0.25) is 0 Å². The van der Waals surface area contributed by atoms with Gasteiger partial charge in [0.05, 0.1) is 21.3 Å². The first-order chi connectivity index (χ1) is 9.15. The number of hydrogen-bond donors (Lipinski definition) is 1. The van der Waals surface area contributed by atoms with Gasteiger partial charge in [0.2, 0.25) is 0 Å². The van der Waals surface area contributed by atoms with Crippen molar-refractivity contribution in [3.8, 4) is 11.5 Å². The van der Waals surface area contributed by atoms with Crippen molar-refractivity contribution in [1.82, 2.24) is 0 Å². The van der Waals surface area contributed by atoms with Crippen LogP contribution < -0.4 is 9.47 Å². The fourth-order valence-electron chi connectivity index (χ4n) is 1.61. The van der Waals surface area contributed by atoms with Crippen LogP contribution in [0.15, 0.2) is 23.4 Å². The van der Waals surface area contributed by atoms with Gasteiger partial charge in [-0.2, -0.15) is 0 Å². The molecule has 104 valence electrons. The van der Waals surface area contributed by atoms with Crippen LogP contribution in [0.25, 0.3) is 0 Å². The van der Waals surface area contributed by atoms with E-state index >= 15 is 0 Å². The largest absolute Gasteiger partial charge is 0.493 e. The minimum atomic E-state index is -0.636. The van der Waals surface area contributed by atoms with E-state index in [0.717, 1.165) is 5.56 Å². The molecule has 0 saturated carbocycles. The summed E-state index contributed by atoms with van der Waals surface area (Å²) in [5.41, 5.74) is 0.917. The van der Waals surface area contributed by atoms with Crippen molar-refractivity contribution in [2.75, 3.05) is 21.3 Å².